The van der Waals surface area contributed by atoms with Gasteiger partial charge in [0, 0.05) is 37.8 Å². The molecule has 0 atom stereocenters. The third-order valence-electron chi connectivity index (χ3n) is 4.42. The van der Waals surface area contributed by atoms with Crippen molar-refractivity contribution in [1.29, 1.82) is 0 Å². The van der Waals surface area contributed by atoms with Crippen molar-refractivity contribution in [2.45, 2.75) is 25.8 Å². The summed E-state index contributed by atoms with van der Waals surface area (Å²) >= 11 is 0. The number of nitro groups is 1. The Morgan fingerprint density at radius 1 is 1.33 bits per heavy atom. The minimum absolute atomic E-state index is 0.0994. The van der Waals surface area contributed by atoms with Crippen LogP contribution in [0, 0.1) is 10.1 Å². The maximum Gasteiger partial charge on any atom is 0.293 e. The van der Waals surface area contributed by atoms with E-state index in [1.807, 2.05) is 4.90 Å². The van der Waals surface area contributed by atoms with Gasteiger partial charge in [0.2, 0.25) is 10.0 Å². The second kappa shape index (κ2) is 6.86. The molecule has 1 saturated heterocycles. The standard InChI is InChI=1S/C15H21N3O5S/c1-11(19)12-4-5-14(15(10-12)18(20)21)17-8-6-13(7-9-17)16(2)24(3,22)23/h4-5,10,13H,6-9H2,1-3H3. The number of benzene rings is 1. The highest BCUT2D eigenvalue weighted by atomic mass is 32.2. The molecule has 0 saturated carbocycles. The van der Waals surface area contributed by atoms with Gasteiger partial charge >= 0.3 is 0 Å². The van der Waals surface area contributed by atoms with E-state index in [4.69, 9.17) is 0 Å². The van der Waals surface area contributed by atoms with E-state index >= 15 is 0 Å². The highest BCUT2D eigenvalue weighted by Gasteiger charge is 2.29. The number of hydrogen-bond acceptors (Lipinski definition) is 6. The molecule has 132 valence electrons. The van der Waals surface area contributed by atoms with E-state index in [-0.39, 0.29) is 17.5 Å². The molecule has 0 N–H and O–H groups in total. The third kappa shape index (κ3) is 3.90. The summed E-state index contributed by atoms with van der Waals surface area (Å²) in [6.45, 7) is 2.40. The quantitative estimate of drug-likeness (QED) is 0.452. The molecule has 0 radical (unpaired) electrons. The fourth-order valence-electron chi connectivity index (χ4n) is 2.90. The predicted molar refractivity (Wildman–Crippen MR) is 90.9 cm³/mol. The lowest BCUT2D eigenvalue weighted by atomic mass is 10.0. The Bertz CT molecular complexity index is 754. The van der Waals surface area contributed by atoms with Gasteiger partial charge in [0.05, 0.1) is 11.2 Å². The maximum absolute atomic E-state index is 11.6. The van der Waals surface area contributed by atoms with E-state index in [0.717, 1.165) is 0 Å². The fourth-order valence-corrected chi connectivity index (χ4v) is 3.65. The van der Waals surface area contributed by atoms with Crippen LogP contribution in [0.2, 0.25) is 0 Å². The van der Waals surface area contributed by atoms with Crippen LogP contribution in [-0.4, -0.2) is 55.9 Å². The second-order valence-electron chi connectivity index (χ2n) is 6.01. The Labute approximate surface area is 141 Å². The van der Waals surface area contributed by atoms with Gasteiger partial charge in [-0.25, -0.2) is 12.7 Å². The van der Waals surface area contributed by atoms with Crippen molar-refractivity contribution < 1.29 is 18.1 Å². The molecule has 9 heteroatoms. The summed E-state index contributed by atoms with van der Waals surface area (Å²) in [7, 11) is -1.70. The molecular weight excluding hydrogens is 334 g/mol. The van der Waals surface area contributed by atoms with Gasteiger partial charge in [-0.15, -0.1) is 0 Å². The normalized spacial score (nSPS) is 16.4. The zero-order valence-corrected chi connectivity index (χ0v) is 14.7. The smallest absolute Gasteiger partial charge is 0.293 e. The number of rotatable bonds is 5. The van der Waals surface area contributed by atoms with Crippen molar-refractivity contribution >= 4 is 27.2 Å². The topological polar surface area (TPSA) is 101 Å². The van der Waals surface area contributed by atoms with Crippen molar-refractivity contribution in [2.24, 2.45) is 0 Å². The molecule has 1 aliphatic rings. The Kier molecular flexibility index (Phi) is 5.24. The van der Waals surface area contributed by atoms with Crippen molar-refractivity contribution in [3.63, 3.8) is 0 Å². The lowest BCUT2D eigenvalue weighted by Gasteiger charge is -2.36. The molecule has 1 fully saturated rings. The third-order valence-corrected chi connectivity index (χ3v) is 5.77. The number of carbonyl (C=O) groups excluding carboxylic acids is 1. The van der Waals surface area contributed by atoms with Crippen LogP contribution >= 0.6 is 0 Å². The summed E-state index contributed by atoms with van der Waals surface area (Å²) in [5.41, 5.74) is 0.667. The molecule has 1 aliphatic heterocycles. The number of carbonyl (C=O) groups is 1. The van der Waals surface area contributed by atoms with Gasteiger partial charge in [-0.3, -0.25) is 14.9 Å². The molecular formula is C15H21N3O5S. The zero-order valence-electron chi connectivity index (χ0n) is 13.9. The molecule has 1 heterocycles. The first kappa shape index (κ1) is 18.3. The number of sulfonamides is 1. The van der Waals surface area contributed by atoms with Crippen molar-refractivity contribution in [2.75, 3.05) is 31.3 Å². The van der Waals surface area contributed by atoms with Gasteiger partial charge in [0.15, 0.2) is 5.78 Å². The van der Waals surface area contributed by atoms with Crippen LogP contribution < -0.4 is 4.90 Å². The molecule has 24 heavy (non-hydrogen) atoms. The van der Waals surface area contributed by atoms with Crippen LogP contribution in [0.5, 0.6) is 0 Å². The molecule has 1 aromatic carbocycles. The number of ketones is 1. The molecule has 0 unspecified atom stereocenters. The monoisotopic (exact) mass is 355 g/mol. The molecule has 0 amide bonds. The van der Waals surface area contributed by atoms with Crippen LogP contribution in [0.4, 0.5) is 11.4 Å². The molecule has 0 bridgehead atoms. The number of hydrogen-bond donors (Lipinski definition) is 0. The van der Waals surface area contributed by atoms with Crippen LogP contribution in [-0.2, 0) is 10.0 Å². The van der Waals surface area contributed by atoms with Crippen LogP contribution in [0.15, 0.2) is 18.2 Å². The van der Waals surface area contributed by atoms with E-state index in [0.29, 0.717) is 37.2 Å². The Morgan fingerprint density at radius 2 is 1.92 bits per heavy atom. The number of piperidine rings is 1. The summed E-state index contributed by atoms with van der Waals surface area (Å²) in [4.78, 5) is 24.1. The summed E-state index contributed by atoms with van der Waals surface area (Å²) < 4.78 is 24.6. The van der Waals surface area contributed by atoms with E-state index in [1.165, 1.54) is 23.6 Å². The number of anilines is 1. The molecule has 0 aliphatic carbocycles. The Morgan fingerprint density at radius 3 is 2.38 bits per heavy atom. The average molecular weight is 355 g/mol. The summed E-state index contributed by atoms with van der Waals surface area (Å²) in [5, 5.41) is 11.3. The van der Waals surface area contributed by atoms with Crippen LogP contribution in [0.3, 0.4) is 0 Å². The predicted octanol–water partition coefficient (Wildman–Crippen LogP) is 1.66. The van der Waals surface area contributed by atoms with E-state index in [2.05, 4.69) is 0 Å². The van der Waals surface area contributed by atoms with Gasteiger partial charge < -0.3 is 4.90 Å². The van der Waals surface area contributed by atoms with Gasteiger partial charge in [-0.05, 0) is 31.9 Å². The van der Waals surface area contributed by atoms with E-state index in [9.17, 15) is 23.3 Å². The molecule has 0 aromatic heterocycles. The molecule has 1 aromatic rings. The van der Waals surface area contributed by atoms with Crippen LogP contribution in [0.25, 0.3) is 0 Å². The summed E-state index contributed by atoms with van der Waals surface area (Å²) in [6, 6.07) is 4.37. The van der Waals surface area contributed by atoms with E-state index < -0.39 is 14.9 Å². The van der Waals surface area contributed by atoms with Gasteiger partial charge in [-0.1, -0.05) is 0 Å². The second-order valence-corrected chi connectivity index (χ2v) is 8.06. The Balaban J connectivity index is 2.20. The highest BCUT2D eigenvalue weighted by Crippen LogP contribution is 2.32. The minimum Gasteiger partial charge on any atom is -0.366 e. The first-order valence-electron chi connectivity index (χ1n) is 7.58. The Hall–Kier alpha value is -2.00. The molecule has 2 rings (SSSR count). The van der Waals surface area contributed by atoms with Crippen molar-refractivity contribution in [3.8, 4) is 0 Å². The number of nitrogens with zero attached hydrogens (tertiary/aromatic N) is 3. The van der Waals surface area contributed by atoms with Gasteiger partial charge in [0.25, 0.3) is 5.69 Å². The van der Waals surface area contributed by atoms with E-state index in [1.54, 1.807) is 19.2 Å². The SMILES string of the molecule is CC(=O)c1ccc(N2CCC(N(C)S(C)(=O)=O)CC2)c([N+](=O)[O-])c1. The minimum atomic E-state index is -3.25. The van der Waals surface area contributed by atoms with Gasteiger partial charge in [-0.2, -0.15) is 0 Å². The highest BCUT2D eigenvalue weighted by molar-refractivity contribution is 7.88. The lowest BCUT2D eigenvalue weighted by molar-refractivity contribution is -0.384. The molecule has 0 spiro atoms. The number of nitro benzene ring substituents is 1. The first-order chi connectivity index (χ1) is 11.1. The lowest BCUT2D eigenvalue weighted by Crippen LogP contribution is -2.45. The summed E-state index contributed by atoms with van der Waals surface area (Å²) in [5.74, 6) is -0.224. The molecule has 8 nitrogen and oxygen atoms in total. The summed E-state index contributed by atoms with van der Waals surface area (Å²) in [6.07, 6.45) is 2.36. The van der Waals surface area contributed by atoms with Crippen molar-refractivity contribution in [1.82, 2.24) is 4.31 Å². The zero-order chi connectivity index (χ0) is 18.1. The van der Waals surface area contributed by atoms with Crippen LogP contribution in [0.1, 0.15) is 30.1 Å². The average Bonchev–Trinajstić information content (AvgIpc) is 2.52. The van der Waals surface area contributed by atoms with Crippen molar-refractivity contribution in [3.05, 3.63) is 33.9 Å². The number of Topliss-reactive ketones (excluding diaryl/α,β-unsaturated/α-hetero) is 1. The first-order valence-corrected chi connectivity index (χ1v) is 9.43. The van der Waals surface area contributed by atoms with Gasteiger partial charge in [0.1, 0.15) is 5.69 Å². The maximum atomic E-state index is 11.6. The fraction of sp³-hybridized carbons (Fsp3) is 0.533. The largest absolute Gasteiger partial charge is 0.366 e.